The zero-order valence-corrected chi connectivity index (χ0v) is 11.1. The van der Waals surface area contributed by atoms with Crippen molar-refractivity contribution in [3.8, 4) is 0 Å². The lowest BCUT2D eigenvalue weighted by atomic mass is 9.41. The van der Waals surface area contributed by atoms with Gasteiger partial charge in [0.25, 0.3) is 0 Å². The van der Waals surface area contributed by atoms with Crippen molar-refractivity contribution in [1.29, 1.82) is 0 Å². The molecule has 0 radical (unpaired) electrons. The van der Waals surface area contributed by atoms with Crippen molar-refractivity contribution in [1.82, 2.24) is 0 Å². The van der Waals surface area contributed by atoms with Crippen molar-refractivity contribution in [2.45, 2.75) is 71.3 Å². The van der Waals surface area contributed by atoms with Crippen LogP contribution in [0.1, 0.15) is 65.7 Å². The van der Waals surface area contributed by atoms with E-state index in [2.05, 4.69) is 20.8 Å². The minimum absolute atomic E-state index is 0.281. The highest BCUT2D eigenvalue weighted by Gasteiger charge is 2.61. The average Bonchev–Trinajstić information content (AvgIpc) is 2.13. The summed E-state index contributed by atoms with van der Waals surface area (Å²) in [5.74, 6) is 1.66. The Morgan fingerprint density at radius 1 is 1.12 bits per heavy atom. The molecule has 4 aliphatic rings. The standard InChI is InChI=1S/C15H26O/c1-4-13(2,3)14-6-11-5-12(7-14)9-15(16,8-11)10-14/h11-12,16H,4-10H2,1-3H3. The third kappa shape index (κ3) is 1.33. The Balaban J connectivity index is 1.98. The fourth-order valence-corrected chi connectivity index (χ4v) is 5.38. The maximum Gasteiger partial charge on any atom is 0.0658 e. The quantitative estimate of drug-likeness (QED) is 0.754. The molecule has 16 heavy (non-hydrogen) atoms. The van der Waals surface area contributed by atoms with Gasteiger partial charge in [-0.05, 0) is 61.2 Å². The predicted molar refractivity (Wildman–Crippen MR) is 66.1 cm³/mol. The van der Waals surface area contributed by atoms with Crippen LogP contribution in [0.2, 0.25) is 0 Å². The third-order valence-corrected chi connectivity index (χ3v) is 6.35. The zero-order chi connectivity index (χ0) is 11.6. The highest BCUT2D eigenvalue weighted by Crippen LogP contribution is 2.67. The molecule has 2 unspecified atom stereocenters. The lowest BCUT2D eigenvalue weighted by Crippen LogP contribution is -2.59. The summed E-state index contributed by atoms with van der Waals surface area (Å²) >= 11 is 0. The van der Waals surface area contributed by atoms with Crippen LogP contribution >= 0.6 is 0 Å². The number of aliphatic hydroxyl groups is 1. The molecular weight excluding hydrogens is 196 g/mol. The van der Waals surface area contributed by atoms with E-state index in [-0.39, 0.29) is 5.60 Å². The molecular formula is C15H26O. The molecule has 4 bridgehead atoms. The van der Waals surface area contributed by atoms with E-state index in [9.17, 15) is 5.11 Å². The molecule has 0 saturated heterocycles. The first-order valence-electron chi connectivity index (χ1n) is 7.11. The maximum atomic E-state index is 10.7. The van der Waals surface area contributed by atoms with Gasteiger partial charge in [-0.25, -0.2) is 0 Å². The topological polar surface area (TPSA) is 20.2 Å². The van der Waals surface area contributed by atoms with E-state index >= 15 is 0 Å². The van der Waals surface area contributed by atoms with E-state index < -0.39 is 0 Å². The SMILES string of the molecule is CCC(C)(C)C12CC3CC(CC(O)(C3)C1)C2. The van der Waals surface area contributed by atoms with Gasteiger partial charge in [0.2, 0.25) is 0 Å². The lowest BCUT2D eigenvalue weighted by Gasteiger charge is -2.65. The molecule has 0 aromatic heterocycles. The summed E-state index contributed by atoms with van der Waals surface area (Å²) in [4.78, 5) is 0. The van der Waals surface area contributed by atoms with E-state index in [1.807, 2.05) is 0 Å². The van der Waals surface area contributed by atoms with Crippen LogP contribution in [0.4, 0.5) is 0 Å². The van der Waals surface area contributed by atoms with Gasteiger partial charge in [-0.1, -0.05) is 27.2 Å². The van der Waals surface area contributed by atoms with Crippen LogP contribution in [0.3, 0.4) is 0 Å². The minimum Gasteiger partial charge on any atom is -0.390 e. The van der Waals surface area contributed by atoms with Gasteiger partial charge in [0.1, 0.15) is 0 Å². The first-order valence-corrected chi connectivity index (χ1v) is 7.11. The summed E-state index contributed by atoms with van der Waals surface area (Å²) in [6, 6.07) is 0. The van der Waals surface area contributed by atoms with E-state index in [0.717, 1.165) is 31.1 Å². The Hall–Kier alpha value is -0.0400. The smallest absolute Gasteiger partial charge is 0.0658 e. The molecule has 4 fully saturated rings. The van der Waals surface area contributed by atoms with Crippen molar-refractivity contribution in [3.63, 3.8) is 0 Å². The molecule has 2 atom stereocenters. The highest BCUT2D eigenvalue weighted by molar-refractivity contribution is 5.12. The highest BCUT2D eigenvalue weighted by atomic mass is 16.3. The van der Waals surface area contributed by atoms with Crippen LogP contribution in [0, 0.1) is 22.7 Å². The Morgan fingerprint density at radius 3 is 2.12 bits per heavy atom. The number of rotatable bonds is 2. The molecule has 92 valence electrons. The average molecular weight is 222 g/mol. The van der Waals surface area contributed by atoms with E-state index in [4.69, 9.17) is 0 Å². The Labute approximate surface area is 99.6 Å². The molecule has 4 saturated carbocycles. The molecule has 0 spiro atoms. The van der Waals surface area contributed by atoms with Gasteiger partial charge in [0, 0.05) is 0 Å². The van der Waals surface area contributed by atoms with Gasteiger partial charge in [-0.15, -0.1) is 0 Å². The molecule has 0 aromatic rings. The summed E-state index contributed by atoms with van der Waals surface area (Å²) in [5, 5.41) is 10.7. The van der Waals surface area contributed by atoms with Crippen molar-refractivity contribution in [2.24, 2.45) is 22.7 Å². The van der Waals surface area contributed by atoms with Gasteiger partial charge in [0.15, 0.2) is 0 Å². The van der Waals surface area contributed by atoms with Crippen molar-refractivity contribution >= 4 is 0 Å². The molecule has 0 amide bonds. The Bertz CT molecular complexity index is 291. The molecule has 1 N–H and O–H groups in total. The second-order valence-electron chi connectivity index (χ2n) is 7.70. The van der Waals surface area contributed by atoms with Crippen LogP contribution < -0.4 is 0 Å². The largest absolute Gasteiger partial charge is 0.390 e. The fourth-order valence-electron chi connectivity index (χ4n) is 5.38. The molecule has 4 rings (SSSR count). The van der Waals surface area contributed by atoms with Gasteiger partial charge in [0.05, 0.1) is 5.60 Å². The molecule has 1 heteroatoms. The van der Waals surface area contributed by atoms with Gasteiger partial charge < -0.3 is 5.11 Å². The summed E-state index contributed by atoms with van der Waals surface area (Å²) in [6.07, 6.45) is 8.75. The summed E-state index contributed by atoms with van der Waals surface area (Å²) in [7, 11) is 0. The number of hydrogen-bond acceptors (Lipinski definition) is 1. The predicted octanol–water partition coefficient (Wildman–Crippen LogP) is 3.75. The van der Waals surface area contributed by atoms with Crippen molar-refractivity contribution < 1.29 is 5.11 Å². The van der Waals surface area contributed by atoms with Crippen LogP contribution in [-0.4, -0.2) is 10.7 Å². The summed E-state index contributed by atoms with van der Waals surface area (Å²) in [6.45, 7) is 7.19. The van der Waals surface area contributed by atoms with E-state index in [0.29, 0.717) is 10.8 Å². The fraction of sp³-hybridized carbons (Fsp3) is 1.00. The molecule has 4 aliphatic carbocycles. The normalized spacial score (nSPS) is 51.0. The first-order chi connectivity index (χ1) is 7.38. The van der Waals surface area contributed by atoms with Gasteiger partial charge >= 0.3 is 0 Å². The van der Waals surface area contributed by atoms with Gasteiger partial charge in [-0.2, -0.15) is 0 Å². The maximum absolute atomic E-state index is 10.7. The first kappa shape index (κ1) is 11.1. The third-order valence-electron chi connectivity index (χ3n) is 6.35. The minimum atomic E-state index is -0.281. The number of hydrogen-bond donors (Lipinski definition) is 1. The second kappa shape index (κ2) is 3.04. The second-order valence-corrected chi connectivity index (χ2v) is 7.70. The molecule has 0 aromatic carbocycles. The summed E-state index contributed by atoms with van der Waals surface area (Å²) < 4.78 is 0. The van der Waals surface area contributed by atoms with Crippen LogP contribution in [0.15, 0.2) is 0 Å². The monoisotopic (exact) mass is 222 g/mol. The lowest BCUT2D eigenvalue weighted by molar-refractivity contribution is -0.199. The zero-order valence-electron chi connectivity index (χ0n) is 11.1. The van der Waals surface area contributed by atoms with Crippen LogP contribution in [-0.2, 0) is 0 Å². The Kier molecular flexibility index (Phi) is 2.11. The summed E-state index contributed by atoms with van der Waals surface area (Å²) in [5.41, 5.74) is 0.593. The molecule has 1 nitrogen and oxygen atoms in total. The van der Waals surface area contributed by atoms with E-state index in [1.165, 1.54) is 25.7 Å². The van der Waals surface area contributed by atoms with Crippen molar-refractivity contribution in [3.05, 3.63) is 0 Å². The van der Waals surface area contributed by atoms with Gasteiger partial charge in [-0.3, -0.25) is 0 Å². The van der Waals surface area contributed by atoms with E-state index in [1.54, 1.807) is 0 Å². The molecule has 0 aliphatic heterocycles. The Morgan fingerprint density at radius 2 is 1.69 bits per heavy atom. The molecule has 0 heterocycles. The van der Waals surface area contributed by atoms with Crippen molar-refractivity contribution in [2.75, 3.05) is 0 Å². The van der Waals surface area contributed by atoms with Crippen LogP contribution in [0.25, 0.3) is 0 Å². The van der Waals surface area contributed by atoms with Crippen LogP contribution in [0.5, 0.6) is 0 Å².